The van der Waals surface area contributed by atoms with Gasteiger partial charge in [-0.1, -0.05) is 77.9 Å². The Bertz CT molecular complexity index is 2660. The molecular formula is C42H43CrN10O8. The van der Waals surface area contributed by atoms with Crippen LogP contribution in [0, 0.1) is 44.9 Å². The zero-order valence-corrected chi connectivity index (χ0v) is 36.0. The number of aromatic amines is 1. The molecular weight excluding hydrogens is 825 g/mol. The van der Waals surface area contributed by atoms with E-state index >= 15 is 0 Å². The predicted octanol–water partition coefficient (Wildman–Crippen LogP) is 8.70. The summed E-state index contributed by atoms with van der Waals surface area (Å²) in [5, 5.41) is 83.0. The Labute approximate surface area is 361 Å². The number of hydrogen-bond acceptors (Lipinski definition) is 13. The smallest absolute Gasteiger partial charge is 0.866 e. The molecule has 0 spiro atoms. The van der Waals surface area contributed by atoms with Crippen molar-refractivity contribution < 1.29 is 42.5 Å². The van der Waals surface area contributed by atoms with Crippen molar-refractivity contribution in [2.75, 3.05) is 0 Å². The summed E-state index contributed by atoms with van der Waals surface area (Å²) in [6.07, 6.45) is 1.02. The number of azo groups is 2. The van der Waals surface area contributed by atoms with E-state index in [2.05, 4.69) is 30.7 Å². The standard InChI is InChI=1S/2C21H23N5O4.Cr/c2*1-13-18(20(28)25(24-13)15-8-6-5-7-9-15)23-22-16-10-14(12-21(2,3)4)11-17(19(16)27)26(29)30;/h5-11,27-28H,12H2,1-4H3;5-11,24,27H,12H2,1-4H3;/q;;+3/p-3. The molecule has 0 saturated heterocycles. The van der Waals surface area contributed by atoms with Gasteiger partial charge in [0.2, 0.25) is 0 Å². The average molecular weight is 868 g/mol. The third-order valence-electron chi connectivity index (χ3n) is 8.64. The first-order valence-electron chi connectivity index (χ1n) is 18.6. The number of nitro benzene ring substituents is 2. The zero-order chi connectivity index (χ0) is 44.1. The maximum Gasteiger partial charge on any atom is 3.00 e. The van der Waals surface area contributed by atoms with Gasteiger partial charge in [-0.15, -0.1) is 10.2 Å². The van der Waals surface area contributed by atoms with Crippen molar-refractivity contribution in [1.82, 2.24) is 19.6 Å². The van der Waals surface area contributed by atoms with Gasteiger partial charge in [0.25, 0.3) is 16.9 Å². The number of para-hydroxylation sites is 2. The van der Waals surface area contributed by atoms with Crippen LogP contribution in [0.2, 0.25) is 0 Å². The summed E-state index contributed by atoms with van der Waals surface area (Å²) >= 11 is 0. The van der Waals surface area contributed by atoms with Crippen molar-refractivity contribution >= 4 is 34.1 Å². The first kappa shape index (κ1) is 46.7. The first-order chi connectivity index (χ1) is 28.1. The maximum absolute atomic E-state index is 12.7. The van der Waals surface area contributed by atoms with Gasteiger partial charge in [0.05, 0.1) is 44.0 Å². The van der Waals surface area contributed by atoms with Gasteiger partial charge in [0.1, 0.15) is 5.69 Å². The minimum atomic E-state index is -0.845. The molecule has 0 aliphatic carbocycles. The number of hydrogen-bond donors (Lipinski definition) is 1. The van der Waals surface area contributed by atoms with Crippen LogP contribution >= 0.6 is 0 Å². The summed E-state index contributed by atoms with van der Waals surface area (Å²) < 4.78 is 2.51. The van der Waals surface area contributed by atoms with Gasteiger partial charge in [0.15, 0.2) is 5.69 Å². The summed E-state index contributed by atoms with van der Waals surface area (Å²) in [4.78, 5) is 33.9. The number of benzene rings is 4. The molecule has 6 aromatic rings. The minimum absolute atomic E-state index is 0. The molecule has 0 atom stereocenters. The van der Waals surface area contributed by atoms with Crippen LogP contribution in [-0.4, -0.2) is 29.4 Å². The SMILES string of the molecule is Cc1[nH]n(-c2ccccc2)c(=O)c1N=Nc1cc(CC(C)(C)C)cc([N+](=O)[O-])c1[O-].Cc1nn(-c2ccccc2)c([O-])c1N=Nc1cc(CC(C)(C)C)cc([N+](=O)[O-])c1[O-].[Cr+3]. The second-order valence-electron chi connectivity index (χ2n) is 16.4. The van der Waals surface area contributed by atoms with Gasteiger partial charge in [0, 0.05) is 29.5 Å². The van der Waals surface area contributed by atoms with E-state index in [1.807, 2.05) is 53.7 Å². The van der Waals surface area contributed by atoms with E-state index < -0.39 is 44.2 Å². The van der Waals surface area contributed by atoms with Crippen molar-refractivity contribution in [1.29, 1.82) is 0 Å². The molecule has 0 unspecified atom stereocenters. The Morgan fingerprint density at radius 2 is 1.08 bits per heavy atom. The second-order valence-corrected chi connectivity index (χ2v) is 16.4. The second kappa shape index (κ2) is 19.0. The van der Waals surface area contributed by atoms with Crippen molar-refractivity contribution in [3.8, 4) is 28.8 Å². The summed E-state index contributed by atoms with van der Waals surface area (Å²) in [6, 6.07) is 23.3. The van der Waals surface area contributed by atoms with E-state index in [1.165, 1.54) is 33.6 Å². The van der Waals surface area contributed by atoms with Gasteiger partial charge in [-0.3, -0.25) is 30.1 Å². The van der Waals surface area contributed by atoms with Crippen LogP contribution < -0.4 is 20.9 Å². The third-order valence-corrected chi connectivity index (χ3v) is 8.64. The van der Waals surface area contributed by atoms with Crippen LogP contribution in [-0.2, 0) is 30.2 Å². The molecule has 0 bridgehead atoms. The Morgan fingerprint density at radius 1 is 0.656 bits per heavy atom. The number of H-pyrrole nitrogens is 1. The van der Waals surface area contributed by atoms with Gasteiger partial charge in [-0.25, -0.2) is 9.36 Å². The Morgan fingerprint density at radius 3 is 1.51 bits per heavy atom. The largest absolute Gasteiger partial charge is 3.00 e. The van der Waals surface area contributed by atoms with Crippen molar-refractivity contribution in [3.05, 3.63) is 138 Å². The molecule has 6 rings (SSSR count). The van der Waals surface area contributed by atoms with Gasteiger partial charge >= 0.3 is 17.4 Å². The van der Waals surface area contributed by atoms with Crippen molar-refractivity contribution in [3.63, 3.8) is 0 Å². The molecule has 0 fully saturated rings. The van der Waals surface area contributed by atoms with Crippen molar-refractivity contribution in [2.45, 2.75) is 68.2 Å². The number of nitrogens with zero attached hydrogens (tertiary/aromatic N) is 9. The Hall–Kier alpha value is -6.97. The molecule has 61 heavy (non-hydrogen) atoms. The fourth-order valence-electron chi connectivity index (χ4n) is 6.14. The minimum Gasteiger partial charge on any atom is -0.866 e. The van der Waals surface area contributed by atoms with E-state index in [4.69, 9.17) is 0 Å². The third kappa shape index (κ3) is 11.6. The molecule has 315 valence electrons. The molecule has 0 amide bonds. The van der Waals surface area contributed by atoms with Gasteiger partial charge in [-0.2, -0.15) is 15.3 Å². The number of aromatic nitrogens is 4. The molecule has 1 N–H and O–H groups in total. The fourth-order valence-corrected chi connectivity index (χ4v) is 6.14. The molecule has 2 aromatic heterocycles. The molecule has 4 aromatic carbocycles. The normalized spacial score (nSPS) is 11.7. The summed E-state index contributed by atoms with van der Waals surface area (Å²) in [5.41, 5.74) is 0.985. The number of rotatable bonds is 10. The Kier molecular flexibility index (Phi) is 14.5. The Balaban J connectivity index is 0.000000264. The van der Waals surface area contributed by atoms with E-state index in [0.29, 0.717) is 46.7 Å². The molecule has 18 nitrogen and oxygen atoms in total. The van der Waals surface area contributed by atoms with E-state index in [9.17, 15) is 40.3 Å². The van der Waals surface area contributed by atoms with Crippen LogP contribution in [0.4, 0.5) is 34.1 Å². The van der Waals surface area contributed by atoms with Crippen molar-refractivity contribution in [2.24, 2.45) is 31.3 Å². The molecule has 19 heteroatoms. The summed E-state index contributed by atoms with van der Waals surface area (Å²) in [5.74, 6) is -2.17. The molecule has 0 aliphatic rings. The van der Waals surface area contributed by atoms with Gasteiger partial charge < -0.3 is 15.3 Å². The summed E-state index contributed by atoms with van der Waals surface area (Å²) in [6.45, 7) is 15.2. The molecule has 0 saturated carbocycles. The van der Waals surface area contributed by atoms with Gasteiger partial charge in [-0.05, 0) is 85.0 Å². The average Bonchev–Trinajstić information content (AvgIpc) is 3.62. The van der Waals surface area contributed by atoms with E-state index in [-0.39, 0.29) is 50.9 Å². The van der Waals surface area contributed by atoms with Crippen LogP contribution in [0.1, 0.15) is 64.1 Å². The number of nitro groups is 2. The van der Waals surface area contributed by atoms with E-state index in [1.54, 1.807) is 62.4 Å². The monoisotopic (exact) mass is 867 g/mol. The van der Waals surface area contributed by atoms with Crippen LogP contribution in [0.5, 0.6) is 17.4 Å². The topological polar surface area (TPSA) is 261 Å². The van der Waals surface area contributed by atoms with Crippen LogP contribution in [0.25, 0.3) is 11.4 Å². The molecule has 2 heterocycles. The first-order valence-corrected chi connectivity index (χ1v) is 18.6. The van der Waals surface area contributed by atoms with Crippen LogP contribution in [0.3, 0.4) is 0 Å². The van der Waals surface area contributed by atoms with Crippen LogP contribution in [0.15, 0.2) is 110 Å². The van der Waals surface area contributed by atoms with E-state index in [0.717, 1.165) is 0 Å². The molecule has 0 aliphatic heterocycles. The summed E-state index contributed by atoms with van der Waals surface area (Å²) in [7, 11) is 0. The fraction of sp³-hybridized carbons (Fsp3) is 0.286. The zero-order valence-electron chi connectivity index (χ0n) is 34.7. The molecule has 1 radical (unpaired) electrons. The quantitative estimate of drug-likeness (QED) is 0.0783. The number of nitrogens with one attached hydrogen (secondary N) is 1. The maximum atomic E-state index is 12.7. The number of aryl methyl sites for hydroxylation is 2. The predicted molar refractivity (Wildman–Crippen MR) is 219 cm³/mol.